The van der Waals surface area contributed by atoms with E-state index >= 15 is 0 Å². The summed E-state index contributed by atoms with van der Waals surface area (Å²) >= 11 is 0. The maximum atomic E-state index is 2.43. The van der Waals surface area contributed by atoms with Gasteiger partial charge < -0.3 is 0 Å². The summed E-state index contributed by atoms with van der Waals surface area (Å²) < 4.78 is 0. The van der Waals surface area contributed by atoms with E-state index in [1.807, 2.05) is 0 Å². The van der Waals surface area contributed by atoms with Crippen LogP contribution in [-0.4, -0.2) is 0 Å². The Morgan fingerprint density at radius 1 is 1.00 bits per heavy atom. The summed E-state index contributed by atoms with van der Waals surface area (Å²) in [7, 11) is 0. The molecule has 0 bridgehead atoms. The SMILES string of the molecule is CCC(CC)CC1C(C)C1CC. The molecule has 0 radical (unpaired) electrons. The minimum Gasteiger partial charge on any atom is -0.0651 e. The molecule has 0 aromatic carbocycles. The highest BCUT2D eigenvalue weighted by Gasteiger charge is 2.44. The maximum Gasteiger partial charge on any atom is -0.0352 e. The van der Waals surface area contributed by atoms with Gasteiger partial charge >= 0.3 is 0 Å². The van der Waals surface area contributed by atoms with Crippen molar-refractivity contribution in [3.05, 3.63) is 0 Å². The van der Waals surface area contributed by atoms with Gasteiger partial charge in [-0.05, 0) is 30.1 Å². The highest BCUT2D eigenvalue weighted by Crippen LogP contribution is 2.52. The molecule has 1 aliphatic carbocycles. The fraction of sp³-hybridized carbons (Fsp3) is 1.00. The molecule has 0 heterocycles. The van der Waals surface area contributed by atoms with Crippen LogP contribution in [0, 0.1) is 23.7 Å². The van der Waals surface area contributed by atoms with Crippen molar-refractivity contribution in [2.24, 2.45) is 23.7 Å². The lowest BCUT2D eigenvalue weighted by Crippen LogP contribution is -1.99. The Morgan fingerprint density at radius 3 is 1.92 bits per heavy atom. The van der Waals surface area contributed by atoms with E-state index in [2.05, 4.69) is 27.7 Å². The molecule has 12 heavy (non-hydrogen) atoms. The van der Waals surface area contributed by atoms with Crippen molar-refractivity contribution < 1.29 is 0 Å². The monoisotopic (exact) mass is 168 g/mol. The molecule has 0 amide bonds. The Hall–Kier alpha value is 0. The van der Waals surface area contributed by atoms with Crippen LogP contribution in [0.4, 0.5) is 0 Å². The van der Waals surface area contributed by atoms with Crippen LogP contribution in [0.3, 0.4) is 0 Å². The van der Waals surface area contributed by atoms with Gasteiger partial charge in [0.2, 0.25) is 0 Å². The van der Waals surface area contributed by atoms with Crippen LogP contribution >= 0.6 is 0 Å². The number of hydrogen-bond acceptors (Lipinski definition) is 0. The predicted octanol–water partition coefficient (Wildman–Crippen LogP) is 4.10. The molecule has 0 saturated heterocycles. The Morgan fingerprint density at radius 2 is 1.58 bits per heavy atom. The molecule has 0 spiro atoms. The number of rotatable bonds is 5. The van der Waals surface area contributed by atoms with Crippen LogP contribution in [0.2, 0.25) is 0 Å². The van der Waals surface area contributed by atoms with E-state index in [1.54, 1.807) is 0 Å². The van der Waals surface area contributed by atoms with Crippen LogP contribution in [0.1, 0.15) is 53.4 Å². The van der Waals surface area contributed by atoms with Gasteiger partial charge in [-0.3, -0.25) is 0 Å². The topological polar surface area (TPSA) is 0 Å². The Labute approximate surface area is 77.7 Å². The molecule has 0 aliphatic heterocycles. The average Bonchev–Trinajstić information content (AvgIpc) is 2.71. The number of hydrogen-bond donors (Lipinski definition) is 0. The van der Waals surface area contributed by atoms with Gasteiger partial charge in [-0.1, -0.05) is 47.0 Å². The molecule has 1 fully saturated rings. The molecule has 0 aromatic heterocycles. The van der Waals surface area contributed by atoms with Gasteiger partial charge in [0, 0.05) is 0 Å². The summed E-state index contributed by atoms with van der Waals surface area (Å²) in [5.74, 6) is 4.20. The minimum atomic E-state index is 1.01. The molecule has 72 valence electrons. The van der Waals surface area contributed by atoms with E-state index in [4.69, 9.17) is 0 Å². The quantitative estimate of drug-likeness (QED) is 0.579. The summed E-state index contributed by atoms with van der Waals surface area (Å²) in [6, 6.07) is 0. The third-order valence-electron chi connectivity index (χ3n) is 3.99. The van der Waals surface area contributed by atoms with Crippen molar-refractivity contribution >= 4 is 0 Å². The average molecular weight is 168 g/mol. The zero-order valence-electron chi connectivity index (χ0n) is 9.14. The second-order valence-corrected chi connectivity index (χ2v) is 4.51. The second kappa shape index (κ2) is 4.30. The first-order chi connectivity index (χ1) is 5.74. The Balaban J connectivity index is 2.24. The van der Waals surface area contributed by atoms with Crippen molar-refractivity contribution in [1.82, 2.24) is 0 Å². The summed E-state index contributed by atoms with van der Waals surface area (Å²) in [5.41, 5.74) is 0. The second-order valence-electron chi connectivity index (χ2n) is 4.51. The Bertz CT molecular complexity index is 124. The Kier molecular flexibility index (Phi) is 3.61. The first-order valence-electron chi connectivity index (χ1n) is 5.74. The molecule has 1 rings (SSSR count). The maximum absolute atomic E-state index is 2.43. The van der Waals surface area contributed by atoms with Crippen LogP contribution in [0.5, 0.6) is 0 Å². The lowest BCUT2D eigenvalue weighted by Gasteiger charge is -2.11. The van der Waals surface area contributed by atoms with Crippen LogP contribution in [-0.2, 0) is 0 Å². The minimum absolute atomic E-state index is 1.01. The molecule has 0 N–H and O–H groups in total. The fourth-order valence-electron chi connectivity index (χ4n) is 2.71. The van der Waals surface area contributed by atoms with Crippen LogP contribution in [0.15, 0.2) is 0 Å². The predicted molar refractivity (Wildman–Crippen MR) is 55.1 cm³/mol. The third kappa shape index (κ3) is 2.02. The van der Waals surface area contributed by atoms with Crippen LogP contribution < -0.4 is 0 Å². The molecule has 0 aromatic rings. The highest BCUT2D eigenvalue weighted by atomic mass is 14.5. The van der Waals surface area contributed by atoms with Gasteiger partial charge in [-0.2, -0.15) is 0 Å². The standard InChI is InChI=1S/C12H24/c1-5-10(6-2)8-12-9(4)11(12)7-3/h9-12H,5-8H2,1-4H3. The largest absolute Gasteiger partial charge is 0.0651 e. The van der Waals surface area contributed by atoms with Crippen molar-refractivity contribution in [2.75, 3.05) is 0 Å². The summed E-state index contributed by atoms with van der Waals surface area (Å²) in [6.07, 6.45) is 5.69. The molecule has 1 saturated carbocycles. The molecule has 3 unspecified atom stereocenters. The summed E-state index contributed by atoms with van der Waals surface area (Å²) in [6.45, 7) is 9.44. The third-order valence-corrected chi connectivity index (χ3v) is 3.99. The normalized spacial score (nSPS) is 34.2. The van der Waals surface area contributed by atoms with Gasteiger partial charge in [0.15, 0.2) is 0 Å². The fourth-order valence-corrected chi connectivity index (χ4v) is 2.71. The molecule has 0 nitrogen and oxygen atoms in total. The van der Waals surface area contributed by atoms with Gasteiger partial charge in [0.05, 0.1) is 0 Å². The lowest BCUT2D eigenvalue weighted by atomic mass is 9.95. The molecular formula is C12H24. The highest BCUT2D eigenvalue weighted by molar-refractivity contribution is 4.93. The zero-order chi connectivity index (χ0) is 9.14. The van der Waals surface area contributed by atoms with Gasteiger partial charge in [-0.15, -0.1) is 0 Å². The van der Waals surface area contributed by atoms with Crippen molar-refractivity contribution in [3.8, 4) is 0 Å². The lowest BCUT2D eigenvalue weighted by molar-refractivity contribution is 0.410. The van der Waals surface area contributed by atoms with Gasteiger partial charge in [0.25, 0.3) is 0 Å². The van der Waals surface area contributed by atoms with Crippen molar-refractivity contribution in [2.45, 2.75) is 53.4 Å². The first-order valence-corrected chi connectivity index (χ1v) is 5.74. The van der Waals surface area contributed by atoms with Gasteiger partial charge in [0.1, 0.15) is 0 Å². The van der Waals surface area contributed by atoms with Crippen LogP contribution in [0.25, 0.3) is 0 Å². The van der Waals surface area contributed by atoms with Crippen molar-refractivity contribution in [1.29, 1.82) is 0 Å². The molecule has 0 heteroatoms. The summed E-state index contributed by atoms with van der Waals surface area (Å²) in [4.78, 5) is 0. The van der Waals surface area contributed by atoms with E-state index in [9.17, 15) is 0 Å². The zero-order valence-corrected chi connectivity index (χ0v) is 9.14. The van der Waals surface area contributed by atoms with E-state index in [1.165, 1.54) is 25.7 Å². The molecule has 1 aliphatic rings. The van der Waals surface area contributed by atoms with E-state index in [0.717, 1.165) is 23.7 Å². The van der Waals surface area contributed by atoms with Crippen molar-refractivity contribution in [3.63, 3.8) is 0 Å². The van der Waals surface area contributed by atoms with E-state index in [0.29, 0.717) is 0 Å². The smallest absolute Gasteiger partial charge is 0.0352 e. The summed E-state index contributed by atoms with van der Waals surface area (Å²) in [5, 5.41) is 0. The molecule has 3 atom stereocenters. The first kappa shape index (κ1) is 10.1. The van der Waals surface area contributed by atoms with E-state index in [-0.39, 0.29) is 0 Å². The van der Waals surface area contributed by atoms with Gasteiger partial charge in [-0.25, -0.2) is 0 Å². The van der Waals surface area contributed by atoms with E-state index < -0.39 is 0 Å². The molecular weight excluding hydrogens is 144 g/mol.